The van der Waals surface area contributed by atoms with Gasteiger partial charge in [0.1, 0.15) is 5.69 Å². The number of aliphatic imine (C=N–C) groups is 1. The molecule has 0 aliphatic heterocycles. The van der Waals surface area contributed by atoms with Gasteiger partial charge < -0.3 is 21.7 Å². The van der Waals surface area contributed by atoms with E-state index in [1.807, 2.05) is 43.3 Å². The molecule has 0 bridgehead atoms. The minimum absolute atomic E-state index is 0.119. The molecule has 166 valence electrons. The summed E-state index contributed by atoms with van der Waals surface area (Å²) in [5.74, 6) is 0.557. The highest BCUT2D eigenvalue weighted by molar-refractivity contribution is 6.33. The zero-order valence-electron chi connectivity index (χ0n) is 18.2. The molecule has 0 spiro atoms. The minimum atomic E-state index is -0.220. The molecular formula is C24H28ClN6O+. The average molecular weight is 452 g/mol. The number of nitrogens with two attached hydrogens (primary N) is 1. The van der Waals surface area contributed by atoms with Crippen LogP contribution in [-0.4, -0.2) is 31.3 Å². The molecule has 8 heteroatoms. The Hall–Kier alpha value is -3.58. The molecule has 6 N–H and O–H groups in total. The Morgan fingerprint density at radius 3 is 2.72 bits per heavy atom. The first kappa shape index (κ1) is 23.1. The number of nitrogens with zero attached hydrogens (tertiary/aromatic N) is 1. The van der Waals surface area contributed by atoms with Crippen molar-refractivity contribution in [3.05, 3.63) is 71.2 Å². The van der Waals surface area contributed by atoms with Crippen molar-refractivity contribution >= 4 is 52.0 Å². The summed E-state index contributed by atoms with van der Waals surface area (Å²) in [4.78, 5) is 19.4. The molecule has 0 aliphatic rings. The lowest BCUT2D eigenvalue weighted by molar-refractivity contribution is -0.305. The van der Waals surface area contributed by atoms with Gasteiger partial charge in [0.2, 0.25) is 6.34 Å². The quantitative estimate of drug-likeness (QED) is 0.206. The number of anilines is 1. The fourth-order valence-corrected chi connectivity index (χ4v) is 3.50. The Bertz CT molecular complexity index is 1140. The topological polar surface area (TPSA) is 106 Å². The van der Waals surface area contributed by atoms with Gasteiger partial charge >= 0.3 is 6.03 Å². The lowest BCUT2D eigenvalue weighted by atomic mass is 10.00. The van der Waals surface area contributed by atoms with E-state index < -0.39 is 0 Å². The monoisotopic (exact) mass is 451 g/mol. The molecule has 0 aliphatic carbocycles. The second-order valence-electron chi connectivity index (χ2n) is 7.37. The normalized spacial score (nSPS) is 12.7. The molecular weight excluding hydrogens is 424 g/mol. The first-order valence-electron chi connectivity index (χ1n) is 10.4. The number of nitrogens with one attached hydrogen (secondary N) is 4. The number of hydrogen-bond acceptors (Lipinski definition) is 3. The molecule has 0 aromatic heterocycles. The number of hydrogen-bond donors (Lipinski definition) is 5. The number of urea groups is 1. The van der Waals surface area contributed by atoms with Crippen molar-refractivity contribution in [1.82, 2.24) is 10.6 Å². The van der Waals surface area contributed by atoms with E-state index >= 15 is 0 Å². The van der Waals surface area contributed by atoms with Crippen LogP contribution in [0.5, 0.6) is 0 Å². The first-order chi connectivity index (χ1) is 15.4. The Morgan fingerprint density at radius 2 is 1.94 bits per heavy atom. The zero-order chi connectivity index (χ0) is 22.9. The van der Waals surface area contributed by atoms with Crippen molar-refractivity contribution in [1.29, 1.82) is 0 Å². The number of halogens is 1. The molecule has 0 radical (unpaired) electrons. The van der Waals surface area contributed by atoms with Crippen LogP contribution >= 0.6 is 11.6 Å². The van der Waals surface area contributed by atoms with Crippen LogP contribution in [0.15, 0.2) is 65.7 Å². The molecule has 1 atom stereocenters. The van der Waals surface area contributed by atoms with Crippen molar-refractivity contribution in [2.45, 2.75) is 19.9 Å². The van der Waals surface area contributed by atoms with Crippen LogP contribution < -0.4 is 26.7 Å². The SMILES string of the molecule is CC(N)=[NH+]C=Nc1ccc(NCCNC(=O)N[C@@H](C)c2cccc3ccccc23)c(Cl)c1. The van der Waals surface area contributed by atoms with Crippen molar-refractivity contribution in [3.63, 3.8) is 0 Å². The summed E-state index contributed by atoms with van der Waals surface area (Å²) in [6.45, 7) is 4.69. The summed E-state index contributed by atoms with van der Waals surface area (Å²) < 4.78 is 0. The third kappa shape index (κ3) is 6.46. The average Bonchev–Trinajstić information content (AvgIpc) is 2.77. The van der Waals surface area contributed by atoms with Gasteiger partial charge in [0.25, 0.3) is 0 Å². The highest BCUT2D eigenvalue weighted by Gasteiger charge is 2.12. The maximum absolute atomic E-state index is 12.3. The smallest absolute Gasteiger partial charge is 0.315 e. The van der Waals surface area contributed by atoms with E-state index in [2.05, 4.69) is 44.1 Å². The fraction of sp³-hybridized carbons (Fsp3) is 0.208. The first-order valence-corrected chi connectivity index (χ1v) is 10.8. The molecule has 3 aromatic carbocycles. The Morgan fingerprint density at radius 1 is 1.16 bits per heavy atom. The van der Waals surface area contributed by atoms with Crippen molar-refractivity contribution in [2.75, 3.05) is 18.4 Å². The van der Waals surface area contributed by atoms with Crippen molar-refractivity contribution in [3.8, 4) is 0 Å². The standard InChI is InChI=1S/C24H27ClN6O/c1-16(20-9-5-7-18-6-3-4-8-21(18)20)31-24(32)28-13-12-27-23-11-10-19(14-22(23)25)30-15-29-17(2)26/h3-11,14-16,27H,12-13H2,1-2H3,(H2,26,29,30)(H2,28,31,32)/p+1/t16-/m0/s1. The predicted octanol–water partition coefficient (Wildman–Crippen LogP) is 3.08. The maximum atomic E-state index is 12.3. The molecule has 0 saturated carbocycles. The highest BCUT2D eigenvalue weighted by Crippen LogP contribution is 2.26. The van der Waals surface area contributed by atoms with Gasteiger partial charge in [-0.25, -0.2) is 4.79 Å². The third-order valence-corrected chi connectivity index (χ3v) is 5.13. The summed E-state index contributed by atoms with van der Waals surface area (Å²) in [5.41, 5.74) is 8.08. The van der Waals surface area contributed by atoms with Gasteiger partial charge in [-0.15, -0.1) is 4.99 Å². The van der Waals surface area contributed by atoms with Crippen LogP contribution in [0.25, 0.3) is 10.8 Å². The molecule has 7 nitrogen and oxygen atoms in total. The van der Waals surface area contributed by atoms with Crippen LogP contribution in [0.3, 0.4) is 0 Å². The predicted molar refractivity (Wildman–Crippen MR) is 133 cm³/mol. The van der Waals surface area contributed by atoms with Crippen molar-refractivity contribution < 1.29 is 9.79 Å². The van der Waals surface area contributed by atoms with Crippen molar-refractivity contribution in [2.24, 2.45) is 10.7 Å². The minimum Gasteiger partial charge on any atom is -0.382 e. The fourth-order valence-electron chi connectivity index (χ4n) is 3.26. The maximum Gasteiger partial charge on any atom is 0.315 e. The molecule has 2 amide bonds. The van der Waals surface area contributed by atoms with Gasteiger partial charge in [0.15, 0.2) is 5.84 Å². The summed E-state index contributed by atoms with van der Waals surface area (Å²) in [7, 11) is 0. The number of fused-ring (bicyclic) bond motifs is 1. The van der Waals surface area contributed by atoms with Gasteiger partial charge in [-0.1, -0.05) is 54.1 Å². The number of carbonyl (C=O) groups is 1. The molecule has 3 aromatic rings. The lowest BCUT2D eigenvalue weighted by Crippen LogP contribution is -2.72. The summed E-state index contributed by atoms with van der Waals surface area (Å²) in [6, 6.07) is 19.4. The molecule has 32 heavy (non-hydrogen) atoms. The van der Waals surface area contributed by atoms with E-state index in [4.69, 9.17) is 17.3 Å². The van der Waals surface area contributed by atoms with Gasteiger partial charge in [-0.2, -0.15) is 0 Å². The van der Waals surface area contributed by atoms with Crippen LogP contribution in [0.4, 0.5) is 16.2 Å². The highest BCUT2D eigenvalue weighted by atomic mass is 35.5. The number of amidine groups is 1. The number of carbonyl (C=O) groups excluding carboxylic acids is 1. The second kappa shape index (κ2) is 11.2. The van der Waals surface area contributed by atoms with Gasteiger partial charge in [-0.05, 0) is 35.4 Å². The largest absolute Gasteiger partial charge is 0.382 e. The summed E-state index contributed by atoms with van der Waals surface area (Å²) in [5, 5.41) is 11.9. The van der Waals surface area contributed by atoms with Crippen LogP contribution in [0, 0.1) is 0 Å². The van der Waals surface area contributed by atoms with Gasteiger partial charge in [0.05, 0.1) is 16.8 Å². The van der Waals surface area contributed by atoms with E-state index in [-0.39, 0.29) is 12.1 Å². The van der Waals surface area contributed by atoms with E-state index in [1.165, 1.54) is 6.34 Å². The van der Waals surface area contributed by atoms with E-state index in [1.54, 1.807) is 13.0 Å². The third-order valence-electron chi connectivity index (χ3n) is 4.82. The molecule has 3 rings (SSSR count). The molecule has 0 unspecified atom stereocenters. The van der Waals surface area contributed by atoms with E-state index in [9.17, 15) is 4.79 Å². The molecule has 0 heterocycles. The van der Waals surface area contributed by atoms with E-state index in [0.29, 0.717) is 29.6 Å². The second-order valence-corrected chi connectivity index (χ2v) is 7.77. The number of amides is 2. The zero-order valence-corrected chi connectivity index (χ0v) is 18.9. The van der Waals surface area contributed by atoms with E-state index in [0.717, 1.165) is 22.0 Å². The lowest BCUT2D eigenvalue weighted by Gasteiger charge is -2.17. The Kier molecular flexibility index (Phi) is 8.05. The van der Waals surface area contributed by atoms with Crippen LogP contribution in [-0.2, 0) is 0 Å². The Labute approximate surface area is 192 Å². The summed E-state index contributed by atoms with van der Waals surface area (Å²) in [6.07, 6.45) is 1.51. The number of rotatable bonds is 8. The van der Waals surface area contributed by atoms with Gasteiger partial charge in [0, 0.05) is 26.1 Å². The van der Waals surface area contributed by atoms with Crippen LogP contribution in [0.1, 0.15) is 25.5 Å². The van der Waals surface area contributed by atoms with Crippen LogP contribution in [0.2, 0.25) is 5.02 Å². The Balaban J connectivity index is 1.47. The number of benzene rings is 3. The summed E-state index contributed by atoms with van der Waals surface area (Å²) >= 11 is 6.31. The van der Waals surface area contributed by atoms with Gasteiger partial charge in [-0.3, -0.25) is 4.99 Å². The molecule has 0 fully saturated rings. The molecule has 0 saturated heterocycles.